The van der Waals surface area contributed by atoms with E-state index >= 15 is 0 Å². The van der Waals surface area contributed by atoms with Crippen LogP contribution in [-0.4, -0.2) is 78.6 Å². The van der Waals surface area contributed by atoms with Crippen molar-refractivity contribution in [2.75, 3.05) is 56.5 Å². The van der Waals surface area contributed by atoms with Gasteiger partial charge in [-0.1, -0.05) is 36.7 Å². The van der Waals surface area contributed by atoms with Gasteiger partial charge < -0.3 is 19.3 Å². The molecular weight excluding hydrogens is 700 g/mol. The molecule has 1 saturated carbocycles. The highest BCUT2D eigenvalue weighted by atomic mass is 35.5. The van der Waals surface area contributed by atoms with E-state index in [1.54, 1.807) is 45.4 Å². The van der Waals surface area contributed by atoms with Crippen LogP contribution in [0, 0.1) is 17.8 Å². The Labute approximate surface area is 312 Å². The Morgan fingerprint density at radius 2 is 2.02 bits per heavy atom. The minimum absolute atomic E-state index is 0.0117. The number of hydrogen-bond donors (Lipinski definition) is 1. The van der Waals surface area contributed by atoms with Gasteiger partial charge in [-0.15, -0.1) is 4.36 Å². The molecule has 3 heterocycles. The zero-order valence-electron chi connectivity index (χ0n) is 30.6. The molecule has 2 aromatic carbocycles. The summed E-state index contributed by atoms with van der Waals surface area (Å²) in [5.74, 6) is 0.406. The van der Waals surface area contributed by atoms with Crippen LogP contribution in [0.4, 0.5) is 11.5 Å². The van der Waals surface area contributed by atoms with Gasteiger partial charge in [0, 0.05) is 63.5 Å². The molecule has 6 atom stereocenters. The standard InChI is InChI=1S/C39H49ClN6O5S/c1-25-8-6-10-34(50-5)30-14-11-28(30)20-46-23-39(17-7-9-26-18-29(40)13-15-32(26)39)24-51-35-16-12-27(19-33(35)46)37(47)42-52(49,22-25)43-38(48)31-21-45(4)41-36(31)44(2)3/h6,10,12-13,15-16,18-19,21,25,28,30,34H,7-9,11,14,17,20,22-24H2,1-5H3,(H,42,43,47,48,49)/b10-6-/t25-,28-,30+,34-,39-,52?/m0/s1. The lowest BCUT2D eigenvalue weighted by atomic mass is 9.68. The largest absolute Gasteiger partial charge is 0.490 e. The summed E-state index contributed by atoms with van der Waals surface area (Å²) in [6.45, 7) is 3.94. The number of nitrogens with zero attached hydrogens (tertiary/aromatic N) is 5. The number of halogens is 1. The maximum absolute atomic E-state index is 14.7. The van der Waals surface area contributed by atoms with Crippen LogP contribution in [0.25, 0.3) is 0 Å². The van der Waals surface area contributed by atoms with E-state index in [2.05, 4.69) is 43.4 Å². The van der Waals surface area contributed by atoms with Gasteiger partial charge in [-0.05, 0) is 97.7 Å². The lowest BCUT2D eigenvalue weighted by molar-refractivity contribution is 0.0131. The van der Waals surface area contributed by atoms with Crippen molar-refractivity contribution < 1.29 is 23.3 Å². The van der Waals surface area contributed by atoms with Crippen molar-refractivity contribution >= 4 is 44.8 Å². The van der Waals surface area contributed by atoms with Crippen molar-refractivity contribution in [3.8, 4) is 5.75 Å². The molecule has 1 spiro atoms. The number of nitrogens with one attached hydrogen (secondary N) is 1. The van der Waals surface area contributed by atoms with E-state index in [4.69, 9.17) is 21.1 Å². The predicted molar refractivity (Wildman–Crippen MR) is 205 cm³/mol. The first-order chi connectivity index (χ1) is 24.9. The molecule has 1 unspecified atom stereocenters. The van der Waals surface area contributed by atoms with Crippen molar-refractivity contribution in [2.24, 2.45) is 29.2 Å². The fourth-order valence-electron chi connectivity index (χ4n) is 8.53. The number of aromatic nitrogens is 2. The number of hydrogen-bond acceptors (Lipinski definition) is 8. The summed E-state index contributed by atoms with van der Waals surface area (Å²) in [5, 5.41) is 5.12. The predicted octanol–water partition coefficient (Wildman–Crippen LogP) is 6.20. The number of carbonyl (C=O) groups excluding carboxylic acids is 2. The normalized spacial score (nSPS) is 29.4. The number of methoxy groups -OCH3 is 1. The van der Waals surface area contributed by atoms with Gasteiger partial charge in [-0.25, -0.2) is 4.21 Å². The van der Waals surface area contributed by atoms with E-state index in [9.17, 15) is 13.8 Å². The summed E-state index contributed by atoms with van der Waals surface area (Å²) in [6.07, 6.45) is 11.4. The summed E-state index contributed by atoms with van der Waals surface area (Å²) in [5.41, 5.74) is 3.62. The molecular formula is C39H49ClN6O5S. The average Bonchev–Trinajstić information content (AvgIpc) is 3.42. The molecule has 278 valence electrons. The number of amides is 2. The van der Waals surface area contributed by atoms with Crippen LogP contribution < -0.4 is 19.3 Å². The molecule has 1 N–H and O–H groups in total. The van der Waals surface area contributed by atoms with E-state index in [1.165, 1.54) is 15.8 Å². The number of benzene rings is 2. The highest BCUT2D eigenvalue weighted by Gasteiger charge is 2.44. The first-order valence-electron chi connectivity index (χ1n) is 18.2. The fourth-order valence-corrected chi connectivity index (χ4v) is 10.6. The third-order valence-electron chi connectivity index (χ3n) is 11.2. The third kappa shape index (κ3) is 7.21. The number of anilines is 2. The lowest BCUT2D eigenvalue weighted by Gasteiger charge is -2.46. The number of carbonyl (C=O) groups is 2. The van der Waals surface area contributed by atoms with E-state index < -0.39 is 21.7 Å². The van der Waals surface area contributed by atoms with E-state index in [-0.39, 0.29) is 34.3 Å². The van der Waals surface area contributed by atoms with E-state index in [0.717, 1.165) is 49.4 Å². The molecule has 13 heteroatoms. The van der Waals surface area contributed by atoms with Crippen LogP contribution in [0.3, 0.4) is 0 Å². The Hall–Kier alpha value is -3.87. The van der Waals surface area contributed by atoms with Gasteiger partial charge in [0.1, 0.15) is 21.2 Å². The summed E-state index contributed by atoms with van der Waals surface area (Å²) < 4.78 is 35.9. The van der Waals surface area contributed by atoms with Gasteiger partial charge in [-0.3, -0.25) is 19.0 Å². The van der Waals surface area contributed by atoms with Crippen molar-refractivity contribution in [1.29, 1.82) is 0 Å². The maximum Gasteiger partial charge on any atom is 0.286 e. The van der Waals surface area contributed by atoms with Crippen LogP contribution in [0.2, 0.25) is 5.02 Å². The summed E-state index contributed by atoms with van der Waals surface area (Å²) >= 11 is 6.46. The molecule has 2 amide bonds. The van der Waals surface area contributed by atoms with Gasteiger partial charge in [0.2, 0.25) is 0 Å². The maximum atomic E-state index is 14.7. The topological polar surface area (TPSA) is 118 Å². The molecule has 2 aliphatic heterocycles. The van der Waals surface area contributed by atoms with Crippen LogP contribution in [0.15, 0.2) is 59.1 Å². The smallest absolute Gasteiger partial charge is 0.286 e. The van der Waals surface area contributed by atoms with E-state index in [0.29, 0.717) is 43.0 Å². The highest BCUT2D eigenvalue weighted by molar-refractivity contribution is 7.92. The molecule has 2 bridgehead atoms. The molecule has 1 aromatic heterocycles. The number of aryl methyl sites for hydroxylation is 2. The van der Waals surface area contributed by atoms with Crippen molar-refractivity contribution in [3.63, 3.8) is 0 Å². The van der Waals surface area contributed by atoms with Crippen LogP contribution >= 0.6 is 11.6 Å². The zero-order valence-corrected chi connectivity index (χ0v) is 32.2. The Morgan fingerprint density at radius 1 is 1.19 bits per heavy atom. The van der Waals surface area contributed by atoms with Crippen molar-refractivity contribution in [3.05, 3.63) is 82.0 Å². The Bertz CT molecular complexity index is 2020. The molecule has 0 saturated heterocycles. The SMILES string of the molecule is CO[C@H]1/C=C\C[C@H](C)CS(=O)(NC(=O)c2cn(C)nc2N(C)C)=NC(=O)c2ccc3c(c2)N(C[C@@H]2CC[C@H]21)C[C@@]1(CCCc2cc(Cl)ccc21)CO3. The summed E-state index contributed by atoms with van der Waals surface area (Å²) in [4.78, 5) is 31.9. The fraction of sp³-hybridized carbons (Fsp3) is 0.513. The average molecular weight is 749 g/mol. The van der Waals surface area contributed by atoms with Crippen LogP contribution in [0.5, 0.6) is 5.75 Å². The monoisotopic (exact) mass is 748 g/mol. The molecule has 52 heavy (non-hydrogen) atoms. The Balaban J connectivity index is 1.30. The van der Waals surface area contributed by atoms with Gasteiger partial charge in [-0.2, -0.15) is 5.10 Å². The first kappa shape index (κ1) is 36.5. The van der Waals surface area contributed by atoms with Crippen molar-refractivity contribution in [1.82, 2.24) is 14.5 Å². The molecule has 3 aromatic rings. The number of allylic oxidation sites excluding steroid dienone is 1. The summed E-state index contributed by atoms with van der Waals surface area (Å²) in [7, 11) is 3.47. The zero-order chi connectivity index (χ0) is 36.8. The lowest BCUT2D eigenvalue weighted by Crippen LogP contribution is -2.49. The number of ether oxygens (including phenoxy) is 2. The second kappa shape index (κ2) is 14.5. The molecule has 0 radical (unpaired) electrons. The molecule has 7 rings (SSSR count). The van der Waals surface area contributed by atoms with E-state index in [1.807, 2.05) is 25.1 Å². The van der Waals surface area contributed by atoms with Crippen molar-refractivity contribution in [2.45, 2.75) is 57.0 Å². The molecule has 2 aliphatic carbocycles. The van der Waals surface area contributed by atoms with Gasteiger partial charge in [0.05, 0.1) is 24.2 Å². The number of fused-ring (bicyclic) bond motifs is 4. The first-order valence-corrected chi connectivity index (χ1v) is 20.3. The number of rotatable bonds is 4. The third-order valence-corrected chi connectivity index (χ3v) is 13.5. The van der Waals surface area contributed by atoms with Gasteiger partial charge in [0.15, 0.2) is 5.82 Å². The molecule has 11 nitrogen and oxygen atoms in total. The highest BCUT2D eigenvalue weighted by Crippen LogP contribution is 2.47. The quantitative estimate of drug-likeness (QED) is 0.314. The van der Waals surface area contributed by atoms with Gasteiger partial charge in [0.25, 0.3) is 11.8 Å². The second-order valence-corrected chi connectivity index (χ2v) is 17.8. The Kier molecular flexibility index (Phi) is 10.2. The minimum Gasteiger partial charge on any atom is -0.490 e. The minimum atomic E-state index is -3.57. The second-order valence-electron chi connectivity index (χ2n) is 15.3. The van der Waals surface area contributed by atoms with Crippen LogP contribution in [0.1, 0.15) is 70.9 Å². The molecule has 4 aliphatic rings. The Morgan fingerprint density at radius 3 is 2.77 bits per heavy atom. The molecule has 1 fully saturated rings. The summed E-state index contributed by atoms with van der Waals surface area (Å²) in [6, 6.07) is 11.6. The van der Waals surface area contributed by atoms with Gasteiger partial charge >= 0.3 is 0 Å². The van der Waals surface area contributed by atoms with Crippen LogP contribution in [-0.2, 0) is 33.5 Å².